The Morgan fingerprint density at radius 2 is 1.95 bits per heavy atom. The third kappa shape index (κ3) is 3.11. The molecule has 2 aromatic rings. The van der Waals surface area contributed by atoms with Crippen molar-refractivity contribution in [1.29, 1.82) is 5.26 Å². The predicted octanol–water partition coefficient (Wildman–Crippen LogP) is 2.45. The zero-order valence-electron chi connectivity index (χ0n) is 12.1. The smallest absolute Gasteiger partial charge is 0.164 e. The summed E-state index contributed by atoms with van der Waals surface area (Å²) in [7, 11) is 0. The number of hydrogen-bond acceptors (Lipinski definition) is 4. The van der Waals surface area contributed by atoms with Gasteiger partial charge in [0.2, 0.25) is 0 Å². The third-order valence-corrected chi connectivity index (χ3v) is 3.88. The molecule has 0 saturated carbocycles. The van der Waals surface area contributed by atoms with Crippen LogP contribution in [0.25, 0.3) is 11.4 Å². The summed E-state index contributed by atoms with van der Waals surface area (Å²) >= 11 is 0. The summed E-state index contributed by atoms with van der Waals surface area (Å²) in [6, 6.07) is 12.4. The molecule has 0 N–H and O–H groups in total. The summed E-state index contributed by atoms with van der Waals surface area (Å²) in [5, 5.41) is 17.3. The second-order valence-corrected chi connectivity index (χ2v) is 5.35. The van der Waals surface area contributed by atoms with Gasteiger partial charge in [-0.3, -0.25) is 4.90 Å². The quantitative estimate of drug-likeness (QED) is 0.790. The Hall–Kier alpha value is -2.19. The van der Waals surface area contributed by atoms with E-state index in [0.29, 0.717) is 6.42 Å². The summed E-state index contributed by atoms with van der Waals surface area (Å²) in [6.07, 6.45) is 2.71. The number of benzene rings is 1. The number of nitrogens with zero attached hydrogens (tertiary/aromatic N) is 5. The first-order valence-corrected chi connectivity index (χ1v) is 7.45. The Labute approximate surface area is 124 Å². The molecule has 3 rings (SSSR count). The minimum absolute atomic E-state index is 0.655. The first-order chi connectivity index (χ1) is 10.4. The van der Waals surface area contributed by atoms with Crippen LogP contribution in [0.5, 0.6) is 0 Å². The molecule has 108 valence electrons. The molecule has 0 radical (unpaired) electrons. The summed E-state index contributed by atoms with van der Waals surface area (Å²) < 4.78 is 2.22. The van der Waals surface area contributed by atoms with Crippen LogP contribution in [-0.4, -0.2) is 32.8 Å². The van der Waals surface area contributed by atoms with E-state index in [1.165, 1.54) is 0 Å². The van der Waals surface area contributed by atoms with E-state index >= 15 is 0 Å². The van der Waals surface area contributed by atoms with Crippen LogP contribution in [0.2, 0.25) is 0 Å². The van der Waals surface area contributed by atoms with E-state index in [1.807, 2.05) is 18.2 Å². The van der Waals surface area contributed by atoms with Gasteiger partial charge in [0.05, 0.1) is 12.6 Å². The molecule has 0 aliphatic carbocycles. The minimum Gasteiger partial charge on any atom is -0.309 e. The number of unbranched alkanes of at least 4 members (excludes halogenated alkanes) is 2. The minimum atomic E-state index is 0.655. The fraction of sp³-hybridized carbons (Fsp3) is 0.438. The van der Waals surface area contributed by atoms with Gasteiger partial charge < -0.3 is 4.57 Å². The number of nitriles is 1. The van der Waals surface area contributed by atoms with E-state index in [-0.39, 0.29) is 0 Å². The fourth-order valence-electron chi connectivity index (χ4n) is 2.74. The number of aromatic nitrogens is 3. The lowest BCUT2D eigenvalue weighted by molar-refractivity contribution is 0.214. The van der Waals surface area contributed by atoms with Crippen LogP contribution in [0.3, 0.4) is 0 Å². The van der Waals surface area contributed by atoms with Crippen LogP contribution in [0.15, 0.2) is 30.3 Å². The third-order valence-electron chi connectivity index (χ3n) is 3.88. The van der Waals surface area contributed by atoms with Crippen LogP contribution in [0.1, 0.15) is 25.1 Å². The molecule has 1 aliphatic rings. The van der Waals surface area contributed by atoms with Crippen LogP contribution in [-0.2, 0) is 13.1 Å². The van der Waals surface area contributed by atoms with Crippen molar-refractivity contribution in [3.63, 3.8) is 0 Å². The average molecular weight is 281 g/mol. The first-order valence-electron chi connectivity index (χ1n) is 7.45. The van der Waals surface area contributed by atoms with Crippen molar-refractivity contribution in [2.24, 2.45) is 0 Å². The summed E-state index contributed by atoms with van der Waals surface area (Å²) in [5.74, 6) is 2.01. The highest BCUT2D eigenvalue weighted by molar-refractivity contribution is 5.55. The molecule has 0 saturated heterocycles. The highest BCUT2D eigenvalue weighted by Gasteiger charge is 2.21. The van der Waals surface area contributed by atoms with Gasteiger partial charge in [0.25, 0.3) is 0 Å². The molecule has 2 heterocycles. The standard InChI is InChI=1S/C16H19N5/c17-9-5-2-6-10-20-11-12-21-15(13-20)18-19-16(21)14-7-3-1-4-8-14/h1,3-4,7-8H,2,5-6,10-13H2. The maximum atomic E-state index is 8.56. The molecule has 0 unspecified atom stereocenters. The zero-order valence-corrected chi connectivity index (χ0v) is 12.1. The number of fused-ring (bicyclic) bond motifs is 1. The van der Waals surface area contributed by atoms with E-state index in [1.54, 1.807) is 0 Å². The zero-order chi connectivity index (χ0) is 14.5. The van der Waals surface area contributed by atoms with Gasteiger partial charge in [0.15, 0.2) is 5.82 Å². The van der Waals surface area contributed by atoms with Crippen LogP contribution >= 0.6 is 0 Å². The van der Waals surface area contributed by atoms with Crippen molar-refractivity contribution in [3.05, 3.63) is 36.2 Å². The largest absolute Gasteiger partial charge is 0.309 e. The normalized spacial score (nSPS) is 14.6. The van der Waals surface area contributed by atoms with Gasteiger partial charge in [0, 0.05) is 25.1 Å². The van der Waals surface area contributed by atoms with Gasteiger partial charge in [-0.15, -0.1) is 10.2 Å². The molecule has 5 heteroatoms. The van der Waals surface area contributed by atoms with Gasteiger partial charge in [-0.2, -0.15) is 5.26 Å². The van der Waals surface area contributed by atoms with Crippen LogP contribution < -0.4 is 0 Å². The van der Waals surface area contributed by atoms with Crippen molar-refractivity contribution in [2.75, 3.05) is 13.1 Å². The van der Waals surface area contributed by atoms with Gasteiger partial charge in [0.1, 0.15) is 5.82 Å². The molecule has 1 aromatic heterocycles. The van der Waals surface area contributed by atoms with Gasteiger partial charge in [-0.25, -0.2) is 0 Å². The molecule has 0 amide bonds. The molecular weight excluding hydrogens is 262 g/mol. The number of hydrogen-bond donors (Lipinski definition) is 0. The Morgan fingerprint density at radius 3 is 2.76 bits per heavy atom. The maximum Gasteiger partial charge on any atom is 0.164 e. The van der Waals surface area contributed by atoms with Gasteiger partial charge in [-0.1, -0.05) is 30.3 Å². The lowest BCUT2D eigenvalue weighted by atomic mass is 10.2. The second-order valence-electron chi connectivity index (χ2n) is 5.35. The lowest BCUT2D eigenvalue weighted by Gasteiger charge is -2.27. The molecule has 5 nitrogen and oxygen atoms in total. The molecule has 0 spiro atoms. The highest BCUT2D eigenvalue weighted by atomic mass is 15.3. The molecule has 21 heavy (non-hydrogen) atoms. The monoisotopic (exact) mass is 281 g/mol. The summed E-state index contributed by atoms with van der Waals surface area (Å²) in [4.78, 5) is 2.40. The van der Waals surface area contributed by atoms with Crippen molar-refractivity contribution in [3.8, 4) is 17.5 Å². The molecule has 0 bridgehead atoms. The predicted molar refractivity (Wildman–Crippen MR) is 80.2 cm³/mol. The molecule has 0 fully saturated rings. The van der Waals surface area contributed by atoms with E-state index in [0.717, 1.165) is 56.2 Å². The molecule has 0 atom stereocenters. The van der Waals surface area contributed by atoms with Crippen LogP contribution in [0, 0.1) is 11.3 Å². The van der Waals surface area contributed by atoms with E-state index in [9.17, 15) is 0 Å². The van der Waals surface area contributed by atoms with Crippen molar-refractivity contribution < 1.29 is 0 Å². The maximum absolute atomic E-state index is 8.56. The second kappa shape index (κ2) is 6.51. The Bertz CT molecular complexity index is 626. The van der Waals surface area contributed by atoms with E-state index < -0.39 is 0 Å². The van der Waals surface area contributed by atoms with E-state index in [2.05, 4.69) is 37.9 Å². The molecule has 1 aromatic carbocycles. The first kappa shape index (κ1) is 13.8. The Kier molecular flexibility index (Phi) is 4.27. The van der Waals surface area contributed by atoms with Crippen LogP contribution in [0.4, 0.5) is 0 Å². The van der Waals surface area contributed by atoms with Crippen molar-refractivity contribution in [2.45, 2.75) is 32.4 Å². The topological polar surface area (TPSA) is 57.7 Å². The SMILES string of the molecule is N#CCCCCN1CCn2c(nnc2-c2ccccc2)C1. The highest BCUT2D eigenvalue weighted by Crippen LogP contribution is 2.21. The van der Waals surface area contributed by atoms with Gasteiger partial charge in [-0.05, 0) is 19.4 Å². The Balaban J connectivity index is 1.66. The fourth-order valence-corrected chi connectivity index (χ4v) is 2.74. The average Bonchev–Trinajstić information content (AvgIpc) is 2.95. The lowest BCUT2D eigenvalue weighted by Crippen LogP contribution is -2.34. The molecule has 1 aliphatic heterocycles. The summed E-state index contributed by atoms with van der Waals surface area (Å²) in [6.45, 7) is 3.85. The Morgan fingerprint density at radius 1 is 1.10 bits per heavy atom. The van der Waals surface area contributed by atoms with Gasteiger partial charge >= 0.3 is 0 Å². The molecular formula is C16H19N5. The van der Waals surface area contributed by atoms with Crippen molar-refractivity contribution in [1.82, 2.24) is 19.7 Å². The van der Waals surface area contributed by atoms with Crippen molar-refractivity contribution >= 4 is 0 Å². The summed E-state index contributed by atoms with van der Waals surface area (Å²) in [5.41, 5.74) is 1.12. The van der Waals surface area contributed by atoms with E-state index in [4.69, 9.17) is 5.26 Å². The number of rotatable bonds is 5.